The number of carbonyl (C=O) groups is 1. The fourth-order valence-electron chi connectivity index (χ4n) is 2.57. The smallest absolute Gasteiger partial charge is 0.337 e. The molecule has 114 valence electrons. The molecule has 1 aliphatic heterocycles. The van der Waals surface area contributed by atoms with Gasteiger partial charge in [-0.3, -0.25) is 0 Å². The van der Waals surface area contributed by atoms with Crippen molar-refractivity contribution in [2.75, 3.05) is 24.6 Å². The first kappa shape index (κ1) is 15.9. The number of halogens is 1. The van der Waals surface area contributed by atoms with Gasteiger partial charge in [0.1, 0.15) is 0 Å². The van der Waals surface area contributed by atoms with E-state index in [2.05, 4.69) is 18.4 Å². The molecule has 5 heteroatoms. The maximum atomic E-state index is 11.3. The summed E-state index contributed by atoms with van der Waals surface area (Å²) >= 11 is 6.01. The molecule has 2 rings (SSSR count). The molecule has 0 bridgehead atoms. The number of hydrogen-bond donors (Lipinski definition) is 1. The van der Waals surface area contributed by atoms with Crippen LogP contribution in [-0.2, 0) is 4.74 Å². The predicted octanol–water partition coefficient (Wildman–Crippen LogP) is 3.60. The summed E-state index contributed by atoms with van der Waals surface area (Å²) in [5.41, 5.74) is 0.794. The molecular weight excluding hydrogens is 290 g/mol. The molecule has 1 saturated heterocycles. The second kappa shape index (κ2) is 6.50. The lowest BCUT2D eigenvalue weighted by atomic mass is 9.92. The lowest BCUT2D eigenvalue weighted by Gasteiger charge is -2.40. The third-order valence-corrected chi connectivity index (χ3v) is 4.14. The van der Waals surface area contributed by atoms with E-state index in [-0.39, 0.29) is 11.2 Å². The van der Waals surface area contributed by atoms with E-state index in [1.54, 1.807) is 24.3 Å². The van der Waals surface area contributed by atoms with Gasteiger partial charge in [0.25, 0.3) is 0 Å². The highest BCUT2D eigenvalue weighted by Gasteiger charge is 2.31. The predicted molar refractivity (Wildman–Crippen MR) is 84.4 cm³/mol. The van der Waals surface area contributed by atoms with Crippen LogP contribution < -0.4 is 4.90 Å². The van der Waals surface area contributed by atoms with Gasteiger partial charge in [-0.1, -0.05) is 17.7 Å². The molecule has 1 fully saturated rings. The summed E-state index contributed by atoms with van der Waals surface area (Å²) in [5, 5.41) is 9.85. The van der Waals surface area contributed by atoms with Crippen LogP contribution in [-0.4, -0.2) is 36.4 Å². The highest BCUT2D eigenvalue weighted by Crippen LogP contribution is 2.32. The molecule has 0 aromatic heterocycles. The topological polar surface area (TPSA) is 49.8 Å². The third kappa shape index (κ3) is 3.77. The normalized spacial score (nSPS) is 17.5. The van der Waals surface area contributed by atoms with Crippen molar-refractivity contribution >= 4 is 23.3 Å². The van der Waals surface area contributed by atoms with Crippen LogP contribution in [0.2, 0.25) is 5.02 Å². The van der Waals surface area contributed by atoms with Crippen LogP contribution in [0.5, 0.6) is 0 Å². The average molecular weight is 310 g/mol. The molecule has 0 spiro atoms. The molecular formula is C16H20ClNO3. The Balaban J connectivity index is 2.13. The lowest BCUT2D eigenvalue weighted by Crippen LogP contribution is -2.44. The molecule has 0 atom stereocenters. The summed E-state index contributed by atoms with van der Waals surface area (Å²) in [6.07, 6.45) is 3.43. The number of nitrogens with zero attached hydrogens (tertiary/aromatic N) is 1. The summed E-state index contributed by atoms with van der Waals surface area (Å²) in [6, 6.07) is 4.88. The number of ether oxygens (including phenoxy) is 1. The number of carboxylic acid groups (broad SMARTS) is 1. The van der Waals surface area contributed by atoms with E-state index < -0.39 is 5.97 Å². The van der Waals surface area contributed by atoms with Crippen molar-refractivity contribution in [3.63, 3.8) is 0 Å². The standard InChI is InChI=1S/C16H20ClNO3/c1-3-10-21-16(2)6-8-18(9-7-16)14-11-12(17)4-5-13(14)15(19)20/h3-5,11H,1,6-10H2,2H3,(H,19,20). The van der Waals surface area contributed by atoms with Crippen molar-refractivity contribution in [2.45, 2.75) is 25.4 Å². The average Bonchev–Trinajstić information content (AvgIpc) is 2.45. The molecule has 21 heavy (non-hydrogen) atoms. The van der Waals surface area contributed by atoms with Gasteiger partial charge in [0.15, 0.2) is 0 Å². The molecule has 0 aliphatic carbocycles. The van der Waals surface area contributed by atoms with Gasteiger partial charge in [0.05, 0.1) is 23.5 Å². The Morgan fingerprint density at radius 1 is 1.52 bits per heavy atom. The first-order valence-electron chi connectivity index (χ1n) is 6.98. The van der Waals surface area contributed by atoms with E-state index in [0.717, 1.165) is 25.9 Å². The minimum atomic E-state index is -0.932. The van der Waals surface area contributed by atoms with Gasteiger partial charge in [-0.2, -0.15) is 0 Å². The molecule has 1 aromatic rings. The van der Waals surface area contributed by atoms with Gasteiger partial charge in [-0.05, 0) is 38.0 Å². The minimum absolute atomic E-state index is 0.174. The molecule has 1 aromatic carbocycles. The zero-order chi connectivity index (χ0) is 15.5. The zero-order valence-electron chi connectivity index (χ0n) is 12.1. The highest BCUT2D eigenvalue weighted by atomic mass is 35.5. The molecule has 1 heterocycles. The molecule has 1 aliphatic rings. The quantitative estimate of drug-likeness (QED) is 0.844. The monoisotopic (exact) mass is 309 g/mol. The van der Waals surface area contributed by atoms with Crippen LogP contribution in [0.1, 0.15) is 30.1 Å². The largest absolute Gasteiger partial charge is 0.478 e. The summed E-state index contributed by atoms with van der Waals surface area (Å²) in [5.74, 6) is -0.932. The Bertz CT molecular complexity index is 536. The highest BCUT2D eigenvalue weighted by molar-refractivity contribution is 6.31. The van der Waals surface area contributed by atoms with Gasteiger partial charge >= 0.3 is 5.97 Å². The van der Waals surface area contributed by atoms with Gasteiger partial charge in [-0.25, -0.2) is 4.79 Å². The number of anilines is 1. The van der Waals surface area contributed by atoms with Crippen LogP contribution in [0, 0.1) is 0 Å². The van der Waals surface area contributed by atoms with E-state index in [9.17, 15) is 9.90 Å². The number of carboxylic acids is 1. The lowest BCUT2D eigenvalue weighted by molar-refractivity contribution is -0.0334. The van der Waals surface area contributed by atoms with Gasteiger partial charge in [0.2, 0.25) is 0 Å². The van der Waals surface area contributed by atoms with E-state index in [4.69, 9.17) is 16.3 Å². The van der Waals surface area contributed by atoms with Crippen molar-refractivity contribution in [2.24, 2.45) is 0 Å². The Hall–Kier alpha value is -1.52. The van der Waals surface area contributed by atoms with Gasteiger partial charge < -0.3 is 14.7 Å². The van der Waals surface area contributed by atoms with Gasteiger partial charge in [-0.15, -0.1) is 6.58 Å². The van der Waals surface area contributed by atoms with Crippen molar-refractivity contribution in [3.05, 3.63) is 41.4 Å². The van der Waals surface area contributed by atoms with Crippen molar-refractivity contribution in [1.82, 2.24) is 0 Å². The van der Waals surface area contributed by atoms with Crippen LogP contribution in [0.4, 0.5) is 5.69 Å². The number of hydrogen-bond acceptors (Lipinski definition) is 3. The van der Waals surface area contributed by atoms with Crippen LogP contribution in [0.15, 0.2) is 30.9 Å². The Kier molecular flexibility index (Phi) is 4.91. The first-order valence-corrected chi connectivity index (χ1v) is 7.36. The van der Waals surface area contributed by atoms with E-state index in [1.165, 1.54) is 0 Å². The molecule has 0 radical (unpaired) electrons. The number of piperidine rings is 1. The molecule has 0 saturated carbocycles. The molecule has 0 amide bonds. The van der Waals surface area contributed by atoms with E-state index in [0.29, 0.717) is 17.3 Å². The summed E-state index contributed by atoms with van der Waals surface area (Å²) < 4.78 is 5.82. The number of rotatable bonds is 5. The summed E-state index contributed by atoms with van der Waals surface area (Å²) in [7, 11) is 0. The second-order valence-corrected chi connectivity index (χ2v) is 5.94. The maximum Gasteiger partial charge on any atom is 0.337 e. The first-order chi connectivity index (χ1) is 9.95. The van der Waals surface area contributed by atoms with Crippen molar-refractivity contribution < 1.29 is 14.6 Å². The Morgan fingerprint density at radius 3 is 2.76 bits per heavy atom. The molecule has 0 unspecified atom stereocenters. The summed E-state index contributed by atoms with van der Waals surface area (Å²) in [6.45, 7) is 7.78. The Labute approximate surface area is 130 Å². The van der Waals surface area contributed by atoms with Gasteiger partial charge in [0, 0.05) is 18.1 Å². The van der Waals surface area contributed by atoms with Crippen molar-refractivity contribution in [1.29, 1.82) is 0 Å². The van der Waals surface area contributed by atoms with Crippen LogP contribution in [0.3, 0.4) is 0 Å². The fraction of sp³-hybridized carbons (Fsp3) is 0.438. The van der Waals surface area contributed by atoms with E-state index >= 15 is 0 Å². The minimum Gasteiger partial charge on any atom is -0.478 e. The Morgan fingerprint density at radius 2 is 2.19 bits per heavy atom. The summed E-state index contributed by atoms with van der Waals surface area (Å²) in [4.78, 5) is 13.4. The number of aromatic carboxylic acids is 1. The third-order valence-electron chi connectivity index (χ3n) is 3.90. The maximum absolute atomic E-state index is 11.3. The van der Waals surface area contributed by atoms with Crippen LogP contribution in [0.25, 0.3) is 0 Å². The SMILES string of the molecule is C=CCOC1(C)CCN(c2cc(Cl)ccc2C(=O)O)CC1. The molecule has 4 nitrogen and oxygen atoms in total. The second-order valence-electron chi connectivity index (χ2n) is 5.50. The van der Waals surface area contributed by atoms with Crippen LogP contribution >= 0.6 is 11.6 Å². The van der Waals surface area contributed by atoms with E-state index in [1.807, 2.05) is 0 Å². The zero-order valence-corrected chi connectivity index (χ0v) is 12.9. The fourth-order valence-corrected chi connectivity index (χ4v) is 2.74. The number of benzene rings is 1. The molecule has 1 N–H and O–H groups in total. The van der Waals surface area contributed by atoms with Crippen molar-refractivity contribution in [3.8, 4) is 0 Å².